The van der Waals surface area contributed by atoms with E-state index in [0.717, 1.165) is 0 Å². The van der Waals surface area contributed by atoms with Crippen LogP contribution in [0.15, 0.2) is 0 Å². The van der Waals surface area contributed by atoms with Crippen molar-refractivity contribution in [3.63, 3.8) is 0 Å². The fourth-order valence-electron chi connectivity index (χ4n) is 0. The second kappa shape index (κ2) is 4.95. The van der Waals surface area contributed by atoms with Crippen LogP contribution < -0.4 is 9.79 Å². The van der Waals surface area contributed by atoms with Crippen molar-refractivity contribution >= 4 is 32.2 Å². The summed E-state index contributed by atoms with van der Waals surface area (Å²) in [7, 11) is -3.63. The van der Waals surface area contributed by atoms with Crippen molar-refractivity contribution in [2.24, 2.45) is 0 Å². The molecule has 0 saturated carbocycles. The van der Waals surface area contributed by atoms with Gasteiger partial charge in [-0.25, -0.2) is 0 Å². The fourth-order valence-corrected chi connectivity index (χ4v) is 0. The van der Waals surface area contributed by atoms with Gasteiger partial charge in [0.05, 0.1) is 0 Å². The summed E-state index contributed by atoms with van der Waals surface area (Å²) in [5.74, 6) is 0. The molecule has 30 valence electrons. The van der Waals surface area contributed by atoms with E-state index in [1.165, 1.54) is 0 Å². The van der Waals surface area contributed by atoms with Crippen LogP contribution in [0.3, 0.4) is 0 Å². The molecule has 5 heavy (non-hydrogen) atoms. The van der Waals surface area contributed by atoms with Gasteiger partial charge >= 0.3 is 23.9 Å². The molecule has 0 aliphatic heterocycles. The normalized spacial score (nSPS) is 7.00. The monoisotopic (exact) mass is 202 g/mol. The Morgan fingerprint density at radius 3 is 1.40 bits per heavy atom. The van der Waals surface area contributed by atoms with Crippen LogP contribution in [0.25, 0.3) is 0 Å². The van der Waals surface area contributed by atoms with E-state index >= 15 is 0 Å². The Morgan fingerprint density at radius 1 is 1.40 bits per heavy atom. The minimum absolute atomic E-state index is 0. The predicted octanol–water partition coefficient (Wildman–Crippen LogP) is -2.82. The van der Waals surface area contributed by atoms with Gasteiger partial charge in [-0.15, -0.1) is 0 Å². The van der Waals surface area contributed by atoms with Crippen molar-refractivity contribution in [3.05, 3.63) is 0 Å². The van der Waals surface area contributed by atoms with Crippen LogP contribution in [0, 0.1) is 0 Å². The Kier molecular flexibility index (Phi) is 9.25. The van der Waals surface area contributed by atoms with Crippen molar-refractivity contribution in [3.8, 4) is 0 Å². The van der Waals surface area contributed by atoms with Gasteiger partial charge in [-0.05, 0) is 0 Å². The van der Waals surface area contributed by atoms with Crippen LogP contribution in [0.1, 0.15) is 0 Å². The van der Waals surface area contributed by atoms with Crippen molar-refractivity contribution in [1.82, 2.24) is 0 Å². The summed E-state index contributed by atoms with van der Waals surface area (Å²) in [6.07, 6.45) is 0. The van der Waals surface area contributed by atoms with Gasteiger partial charge < -0.3 is 14.4 Å². The molecular formula is H3O3PSn. The molecule has 0 saturated heterocycles. The van der Waals surface area contributed by atoms with Crippen LogP contribution in [0.4, 0.5) is 0 Å². The Bertz CT molecular complexity index is 29.9. The van der Waals surface area contributed by atoms with E-state index in [2.05, 4.69) is 0 Å². The molecule has 0 heterocycles. The van der Waals surface area contributed by atoms with Crippen LogP contribution in [-0.2, 0) is 4.57 Å². The Morgan fingerprint density at radius 2 is 1.40 bits per heavy atom. The Balaban J connectivity index is 0. The van der Waals surface area contributed by atoms with Gasteiger partial charge in [0.15, 0.2) is 0 Å². The standard InChI is InChI=1S/H3O3P.Sn.2H/c1-4(2)3;;;/h4H,(H2,1,2,3);;;/q;+2;;/p-2. The van der Waals surface area contributed by atoms with Crippen LogP contribution in [0.2, 0.25) is 0 Å². The van der Waals surface area contributed by atoms with Crippen molar-refractivity contribution in [1.29, 1.82) is 0 Å². The molecule has 0 N–H and O–H groups in total. The molecule has 0 fully saturated rings. The van der Waals surface area contributed by atoms with Gasteiger partial charge in [0, 0.05) is 0 Å². The van der Waals surface area contributed by atoms with E-state index in [-0.39, 0.29) is 23.9 Å². The average molecular weight is 201 g/mol. The Hall–Kier alpha value is 0.949. The topological polar surface area (TPSA) is 63.2 Å². The van der Waals surface area contributed by atoms with E-state index in [4.69, 9.17) is 14.4 Å². The number of rotatable bonds is 0. The molecule has 0 atom stereocenters. The summed E-state index contributed by atoms with van der Waals surface area (Å²) in [5, 5.41) is 0. The molecule has 0 rings (SSSR count). The van der Waals surface area contributed by atoms with Gasteiger partial charge in [-0.3, -0.25) is 0 Å². The van der Waals surface area contributed by atoms with Crippen LogP contribution >= 0.6 is 8.25 Å². The first kappa shape index (κ1) is 9.34. The van der Waals surface area contributed by atoms with E-state index in [0.29, 0.717) is 0 Å². The number of hydrogen-bond acceptors (Lipinski definition) is 3. The van der Waals surface area contributed by atoms with Gasteiger partial charge in [0.2, 0.25) is 0 Å². The second-order valence-corrected chi connectivity index (χ2v) is 0.750. The van der Waals surface area contributed by atoms with Crippen LogP contribution in [-0.4, -0.2) is 23.9 Å². The molecule has 0 aliphatic carbocycles. The van der Waals surface area contributed by atoms with E-state index in [9.17, 15) is 0 Å². The van der Waals surface area contributed by atoms with E-state index in [1.807, 2.05) is 0 Å². The zero-order valence-electron chi connectivity index (χ0n) is 2.43. The van der Waals surface area contributed by atoms with Crippen LogP contribution in [0.5, 0.6) is 0 Å². The fraction of sp³-hybridized carbons (Fsp3) is 0. The third kappa shape index (κ3) is 47.8. The van der Waals surface area contributed by atoms with Gasteiger partial charge in [-0.1, -0.05) is 8.25 Å². The van der Waals surface area contributed by atoms with Gasteiger partial charge in [0.1, 0.15) is 0 Å². The molecule has 0 radical (unpaired) electrons. The van der Waals surface area contributed by atoms with E-state index < -0.39 is 8.25 Å². The molecule has 5 heteroatoms. The summed E-state index contributed by atoms with van der Waals surface area (Å²) < 4.78 is 8.52. The summed E-state index contributed by atoms with van der Waals surface area (Å²) >= 11 is 0. The maximum absolute atomic E-state index is 8.52. The van der Waals surface area contributed by atoms with Crippen molar-refractivity contribution in [2.75, 3.05) is 0 Å². The van der Waals surface area contributed by atoms with E-state index in [1.54, 1.807) is 0 Å². The molecule has 0 aromatic heterocycles. The second-order valence-electron chi connectivity index (χ2n) is 0.250. The molecular weight excluding hydrogens is 198 g/mol. The molecule has 0 aliphatic rings. The molecule has 0 aromatic carbocycles. The summed E-state index contributed by atoms with van der Waals surface area (Å²) in [4.78, 5) is 17.0. The maximum atomic E-state index is 8.52. The van der Waals surface area contributed by atoms with Crippen molar-refractivity contribution in [2.45, 2.75) is 0 Å². The molecule has 0 spiro atoms. The van der Waals surface area contributed by atoms with Crippen molar-refractivity contribution < 1.29 is 14.4 Å². The number of hydrogen-bond donors (Lipinski definition) is 0. The Labute approximate surface area is 46.9 Å². The first-order valence-corrected chi connectivity index (χ1v) is 1.84. The molecule has 3 nitrogen and oxygen atoms in total. The molecule has 0 bridgehead atoms. The van der Waals surface area contributed by atoms with Gasteiger partial charge in [0.25, 0.3) is 0 Å². The first-order chi connectivity index (χ1) is 1.73. The molecule has 0 unspecified atom stereocenters. The third-order valence-corrected chi connectivity index (χ3v) is 0. The average Bonchev–Trinajstić information content (AvgIpc) is 0.811. The zero-order valence-corrected chi connectivity index (χ0v) is 7.47. The first-order valence-electron chi connectivity index (χ1n) is 0.612. The van der Waals surface area contributed by atoms with Gasteiger partial charge in [-0.2, -0.15) is 0 Å². The predicted molar refractivity (Wildman–Crippen MR) is 17.5 cm³/mol. The zero-order chi connectivity index (χ0) is 3.58. The molecule has 0 aromatic rings. The summed E-state index contributed by atoms with van der Waals surface area (Å²) in [6.45, 7) is 0. The summed E-state index contributed by atoms with van der Waals surface area (Å²) in [5.41, 5.74) is 0. The quantitative estimate of drug-likeness (QED) is 0.313. The SMILES string of the molecule is O=[PH]([O-])[O-].[SnH2+2]. The summed E-state index contributed by atoms with van der Waals surface area (Å²) in [6, 6.07) is 0. The third-order valence-electron chi connectivity index (χ3n) is 0. The molecule has 0 amide bonds. The minimum atomic E-state index is -3.63.